The summed E-state index contributed by atoms with van der Waals surface area (Å²) in [6.45, 7) is 1.96. The lowest BCUT2D eigenvalue weighted by Crippen LogP contribution is -2.48. The standard InChI is InChI=1S/C21H19F3N4OS/c22-21(23,24)17-8-4-7-16(14-17)19(29)27-9-11-28(12-10-27)20-25-18(26-30-20)13-15-5-2-1-3-6-15/h1-8,14H,9-13H2. The van der Waals surface area contributed by atoms with Crippen molar-refractivity contribution in [2.75, 3.05) is 31.1 Å². The van der Waals surface area contributed by atoms with Crippen molar-refractivity contribution >= 4 is 22.6 Å². The van der Waals surface area contributed by atoms with Gasteiger partial charge in [0.25, 0.3) is 5.91 Å². The van der Waals surface area contributed by atoms with Gasteiger partial charge in [-0.15, -0.1) is 0 Å². The first-order chi connectivity index (χ1) is 14.4. The van der Waals surface area contributed by atoms with E-state index in [4.69, 9.17) is 0 Å². The van der Waals surface area contributed by atoms with Crippen LogP contribution >= 0.6 is 11.5 Å². The van der Waals surface area contributed by atoms with Gasteiger partial charge in [0.05, 0.1) is 5.56 Å². The average Bonchev–Trinajstić information content (AvgIpc) is 3.22. The highest BCUT2D eigenvalue weighted by Gasteiger charge is 2.32. The zero-order valence-corrected chi connectivity index (χ0v) is 16.8. The van der Waals surface area contributed by atoms with Crippen molar-refractivity contribution in [2.24, 2.45) is 0 Å². The van der Waals surface area contributed by atoms with E-state index in [9.17, 15) is 18.0 Å². The Labute approximate surface area is 175 Å². The Kier molecular flexibility index (Phi) is 5.72. The molecule has 4 rings (SSSR count). The number of nitrogens with zero attached hydrogens (tertiary/aromatic N) is 4. The van der Waals surface area contributed by atoms with Crippen LogP contribution in [0.2, 0.25) is 0 Å². The lowest BCUT2D eigenvalue weighted by molar-refractivity contribution is -0.137. The van der Waals surface area contributed by atoms with E-state index < -0.39 is 11.7 Å². The predicted molar refractivity (Wildman–Crippen MR) is 109 cm³/mol. The number of aromatic nitrogens is 2. The fourth-order valence-electron chi connectivity index (χ4n) is 3.34. The number of hydrogen-bond acceptors (Lipinski definition) is 5. The van der Waals surface area contributed by atoms with E-state index in [1.807, 2.05) is 30.3 Å². The SMILES string of the molecule is O=C(c1cccc(C(F)(F)F)c1)N1CCN(c2nc(Cc3ccccc3)ns2)CC1. The lowest BCUT2D eigenvalue weighted by atomic mass is 10.1. The molecule has 0 bridgehead atoms. The third kappa shape index (κ3) is 4.62. The molecule has 3 aromatic rings. The molecule has 0 spiro atoms. The third-order valence-electron chi connectivity index (χ3n) is 4.94. The first-order valence-electron chi connectivity index (χ1n) is 9.48. The van der Waals surface area contributed by atoms with Gasteiger partial charge in [-0.25, -0.2) is 4.98 Å². The van der Waals surface area contributed by atoms with Gasteiger partial charge < -0.3 is 9.80 Å². The van der Waals surface area contributed by atoms with E-state index >= 15 is 0 Å². The van der Waals surface area contributed by atoms with Gasteiger partial charge in [0.1, 0.15) is 5.82 Å². The van der Waals surface area contributed by atoms with Gasteiger partial charge in [-0.3, -0.25) is 4.79 Å². The summed E-state index contributed by atoms with van der Waals surface area (Å²) in [4.78, 5) is 20.9. The zero-order valence-electron chi connectivity index (χ0n) is 16.0. The van der Waals surface area contributed by atoms with Gasteiger partial charge in [0, 0.05) is 49.7 Å². The van der Waals surface area contributed by atoms with Crippen molar-refractivity contribution in [3.05, 3.63) is 77.1 Å². The third-order valence-corrected chi connectivity index (χ3v) is 5.75. The number of amides is 1. The second-order valence-corrected chi connectivity index (χ2v) is 7.74. The molecule has 0 radical (unpaired) electrons. The van der Waals surface area contributed by atoms with Crippen LogP contribution < -0.4 is 4.90 Å². The molecule has 9 heteroatoms. The Morgan fingerprint density at radius 2 is 1.73 bits per heavy atom. The molecule has 0 atom stereocenters. The van der Waals surface area contributed by atoms with Crippen LogP contribution in [-0.4, -0.2) is 46.3 Å². The molecule has 156 valence electrons. The molecule has 2 heterocycles. The molecule has 30 heavy (non-hydrogen) atoms. The van der Waals surface area contributed by atoms with Crippen LogP contribution in [0.1, 0.15) is 27.3 Å². The normalized spacial score (nSPS) is 14.8. The lowest BCUT2D eigenvalue weighted by Gasteiger charge is -2.34. The number of hydrogen-bond donors (Lipinski definition) is 0. The highest BCUT2D eigenvalue weighted by Crippen LogP contribution is 2.30. The number of piperazine rings is 1. The van der Waals surface area contributed by atoms with Crippen molar-refractivity contribution < 1.29 is 18.0 Å². The van der Waals surface area contributed by atoms with Crippen LogP contribution in [0, 0.1) is 0 Å². The Morgan fingerprint density at radius 3 is 2.43 bits per heavy atom. The summed E-state index contributed by atoms with van der Waals surface area (Å²) in [6, 6.07) is 14.5. The minimum atomic E-state index is -4.47. The molecule has 1 saturated heterocycles. The monoisotopic (exact) mass is 432 g/mol. The molecule has 0 saturated carbocycles. The Bertz CT molecular complexity index is 1010. The smallest absolute Gasteiger partial charge is 0.343 e. The van der Waals surface area contributed by atoms with Gasteiger partial charge in [0.15, 0.2) is 0 Å². The maximum Gasteiger partial charge on any atom is 0.416 e. The molecule has 1 aliphatic rings. The van der Waals surface area contributed by atoms with Crippen LogP contribution in [0.4, 0.5) is 18.3 Å². The number of rotatable bonds is 4. The molecule has 1 aromatic heterocycles. The van der Waals surface area contributed by atoms with Gasteiger partial charge in [-0.05, 0) is 23.8 Å². The van der Waals surface area contributed by atoms with Crippen LogP contribution in [0.15, 0.2) is 54.6 Å². The second kappa shape index (κ2) is 8.43. The summed E-state index contributed by atoms with van der Waals surface area (Å²) in [7, 11) is 0. The molecule has 0 unspecified atom stereocenters. The Hall–Kier alpha value is -2.94. The van der Waals surface area contributed by atoms with Gasteiger partial charge in [-0.2, -0.15) is 17.5 Å². The van der Waals surface area contributed by atoms with Gasteiger partial charge >= 0.3 is 6.18 Å². The van der Waals surface area contributed by atoms with E-state index in [0.717, 1.165) is 28.7 Å². The number of carbonyl (C=O) groups excluding carboxylic acids is 1. The summed E-state index contributed by atoms with van der Waals surface area (Å²) >= 11 is 1.32. The fourth-order valence-corrected chi connectivity index (χ4v) is 4.07. The minimum Gasteiger partial charge on any atom is -0.343 e. The first-order valence-corrected chi connectivity index (χ1v) is 10.3. The molecule has 5 nitrogen and oxygen atoms in total. The average molecular weight is 432 g/mol. The minimum absolute atomic E-state index is 0.0549. The summed E-state index contributed by atoms with van der Waals surface area (Å²) in [5, 5.41) is 0.798. The second-order valence-electron chi connectivity index (χ2n) is 7.01. The molecule has 0 aliphatic carbocycles. The van der Waals surface area contributed by atoms with Crippen LogP contribution in [0.25, 0.3) is 0 Å². The van der Waals surface area contributed by atoms with Crippen LogP contribution in [0.5, 0.6) is 0 Å². The molecule has 1 aliphatic heterocycles. The van der Waals surface area contributed by atoms with Crippen molar-refractivity contribution in [3.8, 4) is 0 Å². The number of benzene rings is 2. The largest absolute Gasteiger partial charge is 0.416 e. The highest BCUT2D eigenvalue weighted by atomic mass is 32.1. The Balaban J connectivity index is 1.37. The number of alkyl halides is 3. The topological polar surface area (TPSA) is 49.3 Å². The first kappa shape index (κ1) is 20.3. The molecule has 1 fully saturated rings. The van der Waals surface area contributed by atoms with E-state index in [1.54, 1.807) is 4.90 Å². The summed E-state index contributed by atoms with van der Waals surface area (Å²) < 4.78 is 43.1. The summed E-state index contributed by atoms with van der Waals surface area (Å²) in [5.74, 6) is 0.367. The predicted octanol–water partition coefficient (Wildman–Crippen LogP) is 4.11. The van der Waals surface area contributed by atoms with Crippen molar-refractivity contribution in [3.63, 3.8) is 0 Å². The molecule has 2 aromatic carbocycles. The van der Waals surface area contributed by atoms with Gasteiger partial charge in [0.2, 0.25) is 5.13 Å². The quantitative estimate of drug-likeness (QED) is 0.623. The van der Waals surface area contributed by atoms with Gasteiger partial charge in [-0.1, -0.05) is 36.4 Å². The maximum atomic E-state index is 12.9. The number of carbonyl (C=O) groups is 1. The fraction of sp³-hybridized carbons (Fsp3) is 0.286. The number of anilines is 1. The van der Waals surface area contributed by atoms with Crippen molar-refractivity contribution in [1.82, 2.24) is 14.3 Å². The van der Waals surface area contributed by atoms with E-state index in [2.05, 4.69) is 14.3 Å². The van der Waals surface area contributed by atoms with Crippen molar-refractivity contribution in [2.45, 2.75) is 12.6 Å². The summed E-state index contributed by atoms with van der Waals surface area (Å²) in [5.41, 5.74) is 0.379. The van der Waals surface area contributed by atoms with Crippen LogP contribution in [0.3, 0.4) is 0 Å². The molecule has 1 amide bonds. The zero-order chi connectivity index (χ0) is 21.1. The van der Waals surface area contributed by atoms with Crippen LogP contribution in [-0.2, 0) is 12.6 Å². The van der Waals surface area contributed by atoms with E-state index in [1.165, 1.54) is 23.7 Å². The Morgan fingerprint density at radius 1 is 1.00 bits per heavy atom. The molecular formula is C21H19F3N4OS. The van der Waals surface area contributed by atoms with Crippen molar-refractivity contribution in [1.29, 1.82) is 0 Å². The summed E-state index contributed by atoms with van der Waals surface area (Å²) in [6.07, 6.45) is -3.81. The number of halogens is 3. The molecular weight excluding hydrogens is 413 g/mol. The van der Waals surface area contributed by atoms with E-state index in [0.29, 0.717) is 32.6 Å². The van der Waals surface area contributed by atoms with E-state index in [-0.39, 0.29) is 11.5 Å². The maximum absolute atomic E-state index is 12.9. The molecule has 0 N–H and O–H groups in total. The highest BCUT2D eigenvalue weighted by molar-refractivity contribution is 7.09.